The molecule has 0 radical (unpaired) electrons. The second-order valence-corrected chi connectivity index (χ2v) is 14.0. The Morgan fingerprint density at radius 3 is 2.46 bits per heavy atom. The van der Waals surface area contributed by atoms with Crippen LogP contribution in [0.2, 0.25) is 19.6 Å². The van der Waals surface area contributed by atoms with Crippen molar-refractivity contribution in [2.24, 2.45) is 4.99 Å². The molecule has 0 fully saturated rings. The van der Waals surface area contributed by atoms with E-state index in [1.54, 1.807) is 0 Å². The van der Waals surface area contributed by atoms with Crippen molar-refractivity contribution in [2.45, 2.75) is 51.6 Å². The molecule has 0 heterocycles. The number of hydrogen-bond acceptors (Lipinski definition) is 2. The highest BCUT2D eigenvalue weighted by Gasteiger charge is 2.17. The number of hydrogen-bond donors (Lipinski definition) is 0. The van der Waals surface area contributed by atoms with E-state index in [4.69, 9.17) is 0 Å². The molecule has 0 spiro atoms. The molecule has 13 heavy (non-hydrogen) atoms. The molecule has 0 aromatic carbocycles. The summed E-state index contributed by atoms with van der Waals surface area (Å²) in [4.78, 5) is 4.22. The zero-order chi connectivity index (χ0) is 10.3. The van der Waals surface area contributed by atoms with Crippen molar-refractivity contribution in [1.82, 2.24) is 0 Å². The number of aliphatic imine (C=N–C) groups is 1. The first-order chi connectivity index (χ1) is 5.95. The quantitative estimate of drug-likeness (QED) is 0.374. The molecule has 0 aromatic rings. The smallest absolute Gasteiger partial charge is 0.108 e. The van der Waals surface area contributed by atoms with Crippen LogP contribution >= 0.6 is 11.2 Å². The minimum Gasteiger partial charge on any atom is -0.298 e. The molecule has 0 amide bonds. The van der Waals surface area contributed by atoms with Gasteiger partial charge in [0.2, 0.25) is 0 Å². The van der Waals surface area contributed by atoms with Gasteiger partial charge in [0.05, 0.1) is 0 Å². The van der Waals surface area contributed by atoms with E-state index < -0.39 is 7.22 Å². The molecule has 0 bridgehead atoms. The third kappa shape index (κ3) is 10.2. The lowest BCUT2D eigenvalue weighted by molar-refractivity contribution is 0.743. The molecular formula is C10H23NSSi. The Morgan fingerprint density at radius 2 is 2.00 bits per heavy atom. The highest BCUT2D eigenvalue weighted by Crippen LogP contribution is 2.26. The highest BCUT2D eigenvalue weighted by atomic mass is 32.4. The van der Waals surface area contributed by atoms with Crippen LogP contribution in [0.25, 0.3) is 0 Å². The minimum absolute atomic E-state index is 0.818. The maximum atomic E-state index is 4.22. The Morgan fingerprint density at radius 1 is 1.38 bits per heavy atom. The van der Waals surface area contributed by atoms with Crippen LogP contribution in [0.3, 0.4) is 0 Å². The standard InChI is InChI=1S/C10H23NSSi/c1-6-11-9-7-8-10(2)12-13(3,4)5/h6,10H,7-9H2,1-5H3. The van der Waals surface area contributed by atoms with Crippen molar-refractivity contribution in [2.75, 3.05) is 6.54 Å². The fraction of sp³-hybridized carbons (Fsp3) is 0.900. The Labute approximate surface area is 88.1 Å². The van der Waals surface area contributed by atoms with Gasteiger partial charge in [-0.15, -0.1) is 0 Å². The molecule has 0 aromatic heterocycles. The zero-order valence-corrected chi connectivity index (χ0v) is 11.4. The van der Waals surface area contributed by atoms with Gasteiger partial charge in [0.25, 0.3) is 0 Å². The van der Waals surface area contributed by atoms with Crippen LogP contribution < -0.4 is 0 Å². The lowest BCUT2D eigenvalue weighted by Gasteiger charge is -2.20. The maximum absolute atomic E-state index is 4.22. The second kappa shape index (κ2) is 6.66. The first kappa shape index (κ1) is 13.2. The predicted molar refractivity (Wildman–Crippen MR) is 68.7 cm³/mol. The molecule has 0 aliphatic carbocycles. The van der Waals surface area contributed by atoms with Gasteiger partial charge in [0.15, 0.2) is 0 Å². The first-order valence-corrected chi connectivity index (χ1v) is 10.2. The third-order valence-corrected chi connectivity index (χ3v) is 6.31. The minimum atomic E-state index is -0.911. The van der Waals surface area contributed by atoms with Gasteiger partial charge in [-0.25, -0.2) is 0 Å². The molecule has 0 rings (SSSR count). The molecule has 1 unspecified atom stereocenters. The first-order valence-electron chi connectivity index (χ1n) is 5.08. The maximum Gasteiger partial charge on any atom is 0.108 e. The van der Waals surface area contributed by atoms with Gasteiger partial charge >= 0.3 is 0 Å². The van der Waals surface area contributed by atoms with Crippen molar-refractivity contribution < 1.29 is 0 Å². The number of nitrogens with zero attached hydrogens (tertiary/aromatic N) is 1. The van der Waals surface area contributed by atoms with Crippen LogP contribution in [0.5, 0.6) is 0 Å². The van der Waals surface area contributed by atoms with Crippen molar-refractivity contribution in [1.29, 1.82) is 0 Å². The molecular weight excluding hydrogens is 194 g/mol. The Bertz CT molecular complexity index is 151. The van der Waals surface area contributed by atoms with E-state index in [1.165, 1.54) is 12.8 Å². The van der Waals surface area contributed by atoms with E-state index in [0.29, 0.717) is 0 Å². The fourth-order valence-corrected chi connectivity index (χ4v) is 6.73. The number of rotatable bonds is 6. The summed E-state index contributed by atoms with van der Waals surface area (Å²) < 4.78 is 0. The molecule has 1 nitrogen and oxygen atoms in total. The summed E-state index contributed by atoms with van der Waals surface area (Å²) in [7, 11) is -0.911. The Balaban J connectivity index is 3.46. The van der Waals surface area contributed by atoms with E-state index in [9.17, 15) is 0 Å². The molecule has 0 aliphatic rings. The van der Waals surface area contributed by atoms with Crippen LogP contribution in [-0.2, 0) is 0 Å². The van der Waals surface area contributed by atoms with Crippen LogP contribution in [0.4, 0.5) is 0 Å². The van der Waals surface area contributed by atoms with Gasteiger partial charge in [0, 0.05) is 6.54 Å². The third-order valence-electron chi connectivity index (χ3n) is 1.64. The summed E-state index contributed by atoms with van der Waals surface area (Å²) in [6.07, 6.45) is 4.45. The SMILES string of the molecule is CC=NCCCC(C)S[Si](C)(C)C. The monoisotopic (exact) mass is 217 g/mol. The summed E-state index contributed by atoms with van der Waals surface area (Å²) in [6, 6.07) is 0. The fourth-order valence-electron chi connectivity index (χ4n) is 1.26. The molecule has 78 valence electrons. The highest BCUT2D eigenvalue weighted by molar-refractivity contribution is 8.29. The van der Waals surface area contributed by atoms with Crippen molar-refractivity contribution in [3.8, 4) is 0 Å². The van der Waals surface area contributed by atoms with Gasteiger partial charge in [-0.3, -0.25) is 4.99 Å². The van der Waals surface area contributed by atoms with Crippen molar-refractivity contribution in [3.63, 3.8) is 0 Å². The summed E-state index contributed by atoms with van der Waals surface area (Å²) in [5.41, 5.74) is 0. The van der Waals surface area contributed by atoms with Crippen LogP contribution in [0, 0.1) is 0 Å². The summed E-state index contributed by atoms with van der Waals surface area (Å²) in [5.74, 6) is 0. The zero-order valence-electron chi connectivity index (χ0n) is 9.63. The lowest BCUT2D eigenvalue weighted by atomic mass is 10.2. The van der Waals surface area contributed by atoms with Crippen LogP contribution in [-0.4, -0.2) is 25.2 Å². The van der Waals surface area contributed by atoms with Crippen molar-refractivity contribution in [3.05, 3.63) is 0 Å². The van der Waals surface area contributed by atoms with Gasteiger partial charge < -0.3 is 0 Å². The van der Waals surface area contributed by atoms with E-state index in [-0.39, 0.29) is 0 Å². The van der Waals surface area contributed by atoms with Gasteiger partial charge in [-0.05, 0) is 31.2 Å². The Kier molecular flexibility index (Phi) is 6.78. The average molecular weight is 217 g/mol. The summed E-state index contributed by atoms with van der Waals surface area (Å²) in [5, 5.41) is 0.818. The van der Waals surface area contributed by atoms with Gasteiger partial charge in [-0.2, -0.15) is 11.2 Å². The average Bonchev–Trinajstić information content (AvgIpc) is 1.94. The molecule has 0 N–H and O–H groups in total. The van der Waals surface area contributed by atoms with E-state index in [1.807, 2.05) is 13.1 Å². The molecule has 3 heteroatoms. The molecule has 0 aliphatic heterocycles. The normalized spacial score (nSPS) is 15.2. The van der Waals surface area contributed by atoms with Gasteiger partial charge in [0.1, 0.15) is 7.22 Å². The summed E-state index contributed by atoms with van der Waals surface area (Å²) >= 11 is 2.20. The van der Waals surface area contributed by atoms with E-state index >= 15 is 0 Å². The van der Waals surface area contributed by atoms with Crippen LogP contribution in [0.1, 0.15) is 26.7 Å². The molecule has 0 saturated heterocycles. The lowest BCUT2D eigenvalue weighted by Crippen LogP contribution is -2.18. The topological polar surface area (TPSA) is 12.4 Å². The summed E-state index contributed by atoms with van der Waals surface area (Å²) in [6.45, 7) is 12.6. The largest absolute Gasteiger partial charge is 0.298 e. The second-order valence-electron chi connectivity index (χ2n) is 4.35. The predicted octanol–water partition coefficient (Wildman–Crippen LogP) is 3.81. The van der Waals surface area contributed by atoms with Gasteiger partial charge in [-0.1, -0.05) is 26.6 Å². The van der Waals surface area contributed by atoms with Crippen LogP contribution in [0.15, 0.2) is 4.99 Å². The molecule has 0 saturated carbocycles. The van der Waals surface area contributed by atoms with E-state index in [0.717, 1.165) is 11.8 Å². The molecule has 1 atom stereocenters. The van der Waals surface area contributed by atoms with Crippen molar-refractivity contribution >= 4 is 24.6 Å². The van der Waals surface area contributed by atoms with E-state index in [2.05, 4.69) is 42.8 Å². The Hall–Kier alpha value is 0.237.